The van der Waals surface area contributed by atoms with Crippen LogP contribution >= 0.6 is 0 Å². The van der Waals surface area contributed by atoms with Crippen molar-refractivity contribution >= 4 is 5.69 Å². The van der Waals surface area contributed by atoms with Gasteiger partial charge in [0.25, 0.3) is 0 Å². The summed E-state index contributed by atoms with van der Waals surface area (Å²) in [7, 11) is 0. The molecule has 1 aliphatic carbocycles. The van der Waals surface area contributed by atoms with Crippen LogP contribution in [-0.2, 0) is 4.74 Å². The first-order valence-electron chi connectivity index (χ1n) is 9.18. The fourth-order valence-corrected chi connectivity index (χ4v) is 3.29. The van der Waals surface area contributed by atoms with Gasteiger partial charge in [-0.2, -0.15) is 0 Å². The maximum Gasteiger partial charge on any atom is 0.0573 e. The highest BCUT2D eigenvalue weighted by atomic mass is 16.5. The highest BCUT2D eigenvalue weighted by Crippen LogP contribution is 2.28. The minimum atomic E-state index is 0.442. The van der Waals surface area contributed by atoms with Gasteiger partial charge in [0.05, 0.1) is 6.10 Å². The Morgan fingerprint density at radius 1 is 1.14 bits per heavy atom. The van der Waals surface area contributed by atoms with E-state index >= 15 is 0 Å². The molecule has 1 saturated carbocycles. The molecule has 0 amide bonds. The van der Waals surface area contributed by atoms with E-state index in [4.69, 9.17) is 4.74 Å². The van der Waals surface area contributed by atoms with Crippen molar-refractivity contribution in [1.82, 2.24) is 0 Å². The van der Waals surface area contributed by atoms with Crippen LogP contribution in [0, 0.1) is 11.8 Å². The van der Waals surface area contributed by atoms with Crippen LogP contribution in [0.2, 0.25) is 0 Å². The van der Waals surface area contributed by atoms with E-state index in [1.807, 2.05) is 0 Å². The summed E-state index contributed by atoms with van der Waals surface area (Å²) < 4.78 is 6.19. The van der Waals surface area contributed by atoms with Crippen molar-refractivity contribution in [3.8, 4) is 0 Å². The molecule has 22 heavy (non-hydrogen) atoms. The molecule has 1 atom stereocenters. The Morgan fingerprint density at radius 2 is 1.86 bits per heavy atom. The summed E-state index contributed by atoms with van der Waals surface area (Å²) in [6, 6.07) is 10.4. The Kier molecular flexibility index (Phi) is 7.79. The van der Waals surface area contributed by atoms with E-state index in [-0.39, 0.29) is 0 Å². The fraction of sp³-hybridized carbons (Fsp3) is 0.700. The number of hydrogen-bond donors (Lipinski definition) is 1. The number of rotatable bonds is 9. The van der Waals surface area contributed by atoms with Crippen molar-refractivity contribution in [3.63, 3.8) is 0 Å². The number of benzene rings is 1. The molecule has 0 radical (unpaired) electrons. The topological polar surface area (TPSA) is 21.3 Å². The monoisotopic (exact) mass is 303 g/mol. The van der Waals surface area contributed by atoms with E-state index in [2.05, 4.69) is 49.5 Å². The lowest BCUT2D eigenvalue weighted by Crippen LogP contribution is -2.22. The first-order chi connectivity index (χ1) is 10.8. The van der Waals surface area contributed by atoms with Crippen LogP contribution in [0.5, 0.6) is 0 Å². The number of ether oxygens (including phenoxy) is 1. The molecular formula is C20H33NO. The third kappa shape index (κ3) is 6.39. The molecular weight excluding hydrogens is 270 g/mol. The molecule has 2 heteroatoms. The number of nitrogens with one attached hydrogen (secondary N) is 1. The van der Waals surface area contributed by atoms with Gasteiger partial charge in [0, 0.05) is 18.8 Å². The summed E-state index contributed by atoms with van der Waals surface area (Å²) in [5.41, 5.74) is 1.22. The smallest absolute Gasteiger partial charge is 0.0573 e. The predicted octanol–water partition coefficient (Wildman–Crippen LogP) is 5.50. The maximum atomic E-state index is 6.19. The average Bonchev–Trinajstić information content (AvgIpc) is 2.57. The minimum absolute atomic E-state index is 0.442. The summed E-state index contributed by atoms with van der Waals surface area (Å²) in [5.74, 6) is 1.75. The molecule has 124 valence electrons. The van der Waals surface area contributed by atoms with Gasteiger partial charge in [0.15, 0.2) is 0 Å². The van der Waals surface area contributed by atoms with Gasteiger partial charge in [-0.3, -0.25) is 0 Å². The maximum absolute atomic E-state index is 6.19. The zero-order valence-corrected chi connectivity index (χ0v) is 14.4. The molecule has 1 aromatic rings. The fourth-order valence-electron chi connectivity index (χ4n) is 3.29. The standard InChI is InChI=1S/C20H33NO/c1-3-20(22-16-18-13-11-17(2)12-14-18)10-7-15-21-19-8-5-4-6-9-19/h4-6,8-9,17-18,20-21H,3,7,10-16H2,1-2H3. The normalized spacial score (nSPS) is 23.2. The second kappa shape index (κ2) is 9.89. The van der Waals surface area contributed by atoms with Crippen LogP contribution in [0.4, 0.5) is 5.69 Å². The van der Waals surface area contributed by atoms with Crippen molar-refractivity contribution in [3.05, 3.63) is 30.3 Å². The second-order valence-corrected chi connectivity index (χ2v) is 6.92. The Balaban J connectivity index is 1.56. The molecule has 0 bridgehead atoms. The summed E-state index contributed by atoms with van der Waals surface area (Å²) >= 11 is 0. The Labute approximate surface area is 136 Å². The summed E-state index contributed by atoms with van der Waals surface area (Å²) in [5, 5.41) is 3.48. The molecule has 0 aromatic heterocycles. The molecule has 1 unspecified atom stereocenters. The molecule has 0 aliphatic heterocycles. The first-order valence-corrected chi connectivity index (χ1v) is 9.18. The van der Waals surface area contributed by atoms with Crippen molar-refractivity contribution in [2.45, 2.75) is 64.9 Å². The zero-order chi connectivity index (χ0) is 15.6. The van der Waals surface area contributed by atoms with Crippen LogP contribution in [0.15, 0.2) is 30.3 Å². The summed E-state index contributed by atoms with van der Waals surface area (Å²) in [6.07, 6.45) is 9.44. The quantitative estimate of drug-likeness (QED) is 0.608. The second-order valence-electron chi connectivity index (χ2n) is 6.92. The zero-order valence-electron chi connectivity index (χ0n) is 14.4. The largest absolute Gasteiger partial charge is 0.385 e. The summed E-state index contributed by atoms with van der Waals surface area (Å²) in [6.45, 7) is 6.64. The van der Waals surface area contributed by atoms with Gasteiger partial charge in [0.1, 0.15) is 0 Å². The lowest BCUT2D eigenvalue weighted by molar-refractivity contribution is 0.0108. The molecule has 0 saturated heterocycles. The lowest BCUT2D eigenvalue weighted by atomic mass is 9.83. The molecule has 1 fully saturated rings. The van der Waals surface area contributed by atoms with E-state index in [1.54, 1.807) is 0 Å². The van der Waals surface area contributed by atoms with Gasteiger partial charge in [-0.25, -0.2) is 0 Å². The van der Waals surface area contributed by atoms with Crippen LogP contribution in [-0.4, -0.2) is 19.3 Å². The van der Waals surface area contributed by atoms with Gasteiger partial charge >= 0.3 is 0 Å². The highest BCUT2D eigenvalue weighted by molar-refractivity contribution is 5.42. The molecule has 2 rings (SSSR count). The number of para-hydroxylation sites is 1. The Bertz CT molecular complexity index is 384. The molecule has 0 spiro atoms. The SMILES string of the molecule is CCC(CCCNc1ccccc1)OCC1CCC(C)CC1. The summed E-state index contributed by atoms with van der Waals surface area (Å²) in [4.78, 5) is 0. The number of anilines is 1. The van der Waals surface area contributed by atoms with E-state index in [0.29, 0.717) is 6.10 Å². The average molecular weight is 303 g/mol. The van der Waals surface area contributed by atoms with Crippen LogP contribution < -0.4 is 5.32 Å². The predicted molar refractivity (Wildman–Crippen MR) is 95.3 cm³/mol. The van der Waals surface area contributed by atoms with Crippen LogP contribution in [0.1, 0.15) is 58.8 Å². The molecule has 0 heterocycles. The van der Waals surface area contributed by atoms with Crippen molar-refractivity contribution in [2.24, 2.45) is 11.8 Å². The molecule has 1 N–H and O–H groups in total. The van der Waals surface area contributed by atoms with Gasteiger partial charge in [-0.15, -0.1) is 0 Å². The highest BCUT2D eigenvalue weighted by Gasteiger charge is 2.19. The van der Waals surface area contributed by atoms with E-state index in [1.165, 1.54) is 44.2 Å². The Morgan fingerprint density at radius 3 is 2.55 bits per heavy atom. The van der Waals surface area contributed by atoms with Crippen molar-refractivity contribution < 1.29 is 4.74 Å². The van der Waals surface area contributed by atoms with Gasteiger partial charge < -0.3 is 10.1 Å². The Hall–Kier alpha value is -1.02. The van der Waals surface area contributed by atoms with Crippen molar-refractivity contribution in [2.75, 3.05) is 18.5 Å². The van der Waals surface area contributed by atoms with Crippen molar-refractivity contribution in [1.29, 1.82) is 0 Å². The first kappa shape index (κ1) is 17.3. The molecule has 1 aromatic carbocycles. The van der Waals surface area contributed by atoms with Crippen LogP contribution in [0.25, 0.3) is 0 Å². The van der Waals surface area contributed by atoms with E-state index in [0.717, 1.165) is 31.4 Å². The van der Waals surface area contributed by atoms with Crippen LogP contribution in [0.3, 0.4) is 0 Å². The van der Waals surface area contributed by atoms with Gasteiger partial charge in [-0.05, 0) is 56.1 Å². The number of hydrogen-bond acceptors (Lipinski definition) is 2. The third-order valence-corrected chi connectivity index (χ3v) is 4.96. The molecule has 1 aliphatic rings. The third-order valence-electron chi connectivity index (χ3n) is 4.96. The minimum Gasteiger partial charge on any atom is -0.385 e. The van der Waals surface area contributed by atoms with E-state index < -0.39 is 0 Å². The van der Waals surface area contributed by atoms with E-state index in [9.17, 15) is 0 Å². The van der Waals surface area contributed by atoms with Gasteiger partial charge in [-0.1, -0.05) is 44.9 Å². The molecule has 2 nitrogen and oxygen atoms in total. The lowest BCUT2D eigenvalue weighted by Gasteiger charge is -2.27. The van der Waals surface area contributed by atoms with Gasteiger partial charge in [0.2, 0.25) is 0 Å².